The first-order valence-corrected chi connectivity index (χ1v) is 10.3. The number of amides is 1. The molecule has 0 fully saturated rings. The van der Waals surface area contributed by atoms with Crippen molar-refractivity contribution in [2.75, 3.05) is 16.8 Å². The number of nitrogens with zero attached hydrogens (tertiary/aromatic N) is 4. The number of hydrogen-bond acceptors (Lipinski definition) is 6. The Hall–Kier alpha value is -4.26. The van der Waals surface area contributed by atoms with E-state index in [1.54, 1.807) is 41.7 Å². The summed E-state index contributed by atoms with van der Waals surface area (Å²) in [6.07, 6.45) is 6.71. The van der Waals surface area contributed by atoms with Crippen molar-refractivity contribution in [1.29, 1.82) is 0 Å². The molecule has 0 radical (unpaired) electrons. The molecule has 32 heavy (non-hydrogen) atoms. The lowest BCUT2D eigenvalue weighted by atomic mass is 10.1. The molecule has 2 N–H and O–H groups in total. The second-order valence-corrected chi connectivity index (χ2v) is 7.21. The van der Waals surface area contributed by atoms with E-state index in [0.717, 1.165) is 23.2 Å². The van der Waals surface area contributed by atoms with Crippen LogP contribution in [0, 0.1) is 0 Å². The minimum Gasteiger partial charge on any atom is -0.508 e. The van der Waals surface area contributed by atoms with Gasteiger partial charge in [0.15, 0.2) is 5.82 Å². The van der Waals surface area contributed by atoms with E-state index >= 15 is 0 Å². The lowest BCUT2D eigenvalue weighted by molar-refractivity contribution is -0.107. The Bertz CT molecular complexity index is 1170. The first-order chi connectivity index (χ1) is 15.7. The van der Waals surface area contributed by atoms with Crippen LogP contribution < -0.4 is 10.2 Å². The number of rotatable bonds is 9. The van der Waals surface area contributed by atoms with E-state index in [1.165, 1.54) is 0 Å². The molecule has 4 rings (SSSR count). The fourth-order valence-electron chi connectivity index (χ4n) is 3.36. The zero-order valence-corrected chi connectivity index (χ0v) is 17.4. The van der Waals surface area contributed by atoms with Gasteiger partial charge in [-0.1, -0.05) is 24.3 Å². The summed E-state index contributed by atoms with van der Waals surface area (Å²) in [5.74, 6) is 0.752. The highest BCUT2D eigenvalue weighted by atomic mass is 16.3. The number of aromatic nitrogens is 3. The van der Waals surface area contributed by atoms with Crippen molar-refractivity contribution >= 4 is 17.9 Å². The van der Waals surface area contributed by atoms with Crippen LogP contribution in [0.15, 0.2) is 85.3 Å². The maximum absolute atomic E-state index is 12.0. The van der Waals surface area contributed by atoms with Crippen LogP contribution in [-0.4, -0.2) is 33.0 Å². The number of phenolic OH excluding ortho intramolecular Hbond substituents is 1. The fourth-order valence-corrected chi connectivity index (χ4v) is 3.36. The zero-order valence-electron chi connectivity index (χ0n) is 17.4. The Morgan fingerprint density at radius 1 is 1.00 bits per heavy atom. The lowest BCUT2D eigenvalue weighted by Crippen LogP contribution is -2.23. The number of carbonyl (C=O) groups is 1. The van der Waals surface area contributed by atoms with Gasteiger partial charge in [0.2, 0.25) is 6.41 Å². The van der Waals surface area contributed by atoms with E-state index in [-0.39, 0.29) is 5.75 Å². The molecule has 0 aliphatic heterocycles. The molecule has 1 aromatic carbocycles. The summed E-state index contributed by atoms with van der Waals surface area (Å²) < 4.78 is 0. The maximum atomic E-state index is 12.0. The number of hydrogen-bond donors (Lipinski definition) is 2. The van der Waals surface area contributed by atoms with Gasteiger partial charge in [0.05, 0.1) is 17.9 Å². The summed E-state index contributed by atoms with van der Waals surface area (Å²) in [5, 5.41) is 13.2. The van der Waals surface area contributed by atoms with Gasteiger partial charge in [0, 0.05) is 42.8 Å². The van der Waals surface area contributed by atoms with Gasteiger partial charge < -0.3 is 15.3 Å². The molecule has 7 nitrogen and oxygen atoms in total. The van der Waals surface area contributed by atoms with Gasteiger partial charge in [-0.25, -0.2) is 4.98 Å². The van der Waals surface area contributed by atoms with Crippen molar-refractivity contribution in [3.8, 4) is 17.0 Å². The summed E-state index contributed by atoms with van der Waals surface area (Å²) in [7, 11) is 0. The topological polar surface area (TPSA) is 91.2 Å². The minimum atomic E-state index is 0.170. The van der Waals surface area contributed by atoms with Gasteiger partial charge in [-0.2, -0.15) is 0 Å². The van der Waals surface area contributed by atoms with Gasteiger partial charge in [0.25, 0.3) is 0 Å². The van der Waals surface area contributed by atoms with Crippen LogP contribution >= 0.6 is 0 Å². The van der Waals surface area contributed by atoms with Crippen molar-refractivity contribution in [3.63, 3.8) is 0 Å². The van der Waals surface area contributed by atoms with Gasteiger partial charge in [-0.15, -0.1) is 0 Å². The monoisotopic (exact) mass is 425 g/mol. The molecule has 0 aliphatic rings. The largest absolute Gasteiger partial charge is 0.508 e. The van der Waals surface area contributed by atoms with E-state index < -0.39 is 0 Å². The van der Waals surface area contributed by atoms with E-state index in [2.05, 4.69) is 15.3 Å². The first kappa shape index (κ1) is 21.0. The molecule has 0 spiro atoms. The van der Waals surface area contributed by atoms with Crippen LogP contribution in [-0.2, 0) is 17.8 Å². The lowest BCUT2D eigenvalue weighted by Gasteiger charge is -2.21. The standard InChI is InChI=1S/C25H23N5O2/c31-18-30(17-19-5-4-12-26-16-19)24-10-9-23(20-6-3-8-22(32)15-20)29-25(24)28-14-11-21-7-1-2-13-27-21/h1-10,12-13,15-16,18,32H,11,14,17H2,(H,28,29). The Balaban J connectivity index is 1.63. The molecule has 3 heterocycles. The molecule has 0 atom stereocenters. The maximum Gasteiger partial charge on any atom is 0.214 e. The van der Waals surface area contributed by atoms with Crippen LogP contribution in [0.3, 0.4) is 0 Å². The highest BCUT2D eigenvalue weighted by Crippen LogP contribution is 2.30. The molecule has 3 aromatic heterocycles. The fraction of sp³-hybridized carbons (Fsp3) is 0.120. The highest BCUT2D eigenvalue weighted by molar-refractivity contribution is 5.83. The second-order valence-electron chi connectivity index (χ2n) is 7.21. The quantitative estimate of drug-likeness (QED) is 0.393. The number of carbonyl (C=O) groups excluding carboxylic acids is 1. The number of phenols is 1. The molecule has 7 heteroatoms. The molecule has 0 saturated carbocycles. The Morgan fingerprint density at radius 3 is 2.69 bits per heavy atom. The molecule has 0 aliphatic carbocycles. The molecule has 0 saturated heterocycles. The summed E-state index contributed by atoms with van der Waals surface area (Å²) >= 11 is 0. The van der Waals surface area contributed by atoms with E-state index in [9.17, 15) is 9.90 Å². The molecule has 0 unspecified atom stereocenters. The van der Waals surface area contributed by atoms with Crippen LogP contribution in [0.25, 0.3) is 11.3 Å². The van der Waals surface area contributed by atoms with Crippen LogP contribution in [0.1, 0.15) is 11.3 Å². The second kappa shape index (κ2) is 10.2. The van der Waals surface area contributed by atoms with Crippen molar-refractivity contribution in [3.05, 3.63) is 96.6 Å². The minimum absolute atomic E-state index is 0.170. The van der Waals surface area contributed by atoms with Crippen molar-refractivity contribution in [2.24, 2.45) is 0 Å². The Kier molecular flexibility index (Phi) is 6.67. The molecule has 4 aromatic rings. The third-order valence-electron chi connectivity index (χ3n) is 4.93. The third kappa shape index (κ3) is 5.26. The van der Waals surface area contributed by atoms with Crippen molar-refractivity contribution < 1.29 is 9.90 Å². The first-order valence-electron chi connectivity index (χ1n) is 10.3. The molecular formula is C25H23N5O2. The summed E-state index contributed by atoms with van der Waals surface area (Å²) in [6.45, 7) is 0.972. The van der Waals surface area contributed by atoms with Gasteiger partial charge >= 0.3 is 0 Å². The summed E-state index contributed by atoms with van der Waals surface area (Å²) in [5.41, 5.74) is 4.02. The molecule has 160 valence electrons. The molecule has 0 bridgehead atoms. The number of pyridine rings is 3. The number of anilines is 2. The predicted octanol–water partition coefficient (Wildman–Crippen LogP) is 4.06. The number of aromatic hydroxyl groups is 1. The summed E-state index contributed by atoms with van der Waals surface area (Å²) in [6, 6.07) is 20.2. The van der Waals surface area contributed by atoms with Crippen LogP contribution in [0.5, 0.6) is 5.75 Å². The smallest absolute Gasteiger partial charge is 0.214 e. The van der Waals surface area contributed by atoms with Crippen LogP contribution in [0.2, 0.25) is 0 Å². The number of nitrogens with one attached hydrogen (secondary N) is 1. The van der Waals surface area contributed by atoms with Gasteiger partial charge in [-0.3, -0.25) is 14.8 Å². The summed E-state index contributed by atoms with van der Waals surface area (Å²) in [4.78, 5) is 26.8. The van der Waals surface area contributed by atoms with E-state index in [1.807, 2.05) is 48.5 Å². The van der Waals surface area contributed by atoms with Crippen molar-refractivity contribution in [2.45, 2.75) is 13.0 Å². The predicted molar refractivity (Wildman–Crippen MR) is 124 cm³/mol. The molecular weight excluding hydrogens is 402 g/mol. The number of benzene rings is 1. The Morgan fingerprint density at radius 2 is 1.94 bits per heavy atom. The van der Waals surface area contributed by atoms with Crippen LogP contribution in [0.4, 0.5) is 11.5 Å². The van der Waals surface area contributed by atoms with E-state index in [0.29, 0.717) is 36.7 Å². The third-order valence-corrected chi connectivity index (χ3v) is 4.93. The highest BCUT2D eigenvalue weighted by Gasteiger charge is 2.15. The average Bonchev–Trinajstić information content (AvgIpc) is 2.84. The Labute approximate surface area is 186 Å². The van der Waals surface area contributed by atoms with Crippen molar-refractivity contribution in [1.82, 2.24) is 15.0 Å². The zero-order chi connectivity index (χ0) is 22.2. The van der Waals surface area contributed by atoms with Gasteiger partial charge in [0.1, 0.15) is 5.75 Å². The SMILES string of the molecule is O=CN(Cc1cccnc1)c1ccc(-c2cccc(O)c2)nc1NCCc1ccccn1. The van der Waals surface area contributed by atoms with Gasteiger partial charge in [-0.05, 0) is 48.0 Å². The molecule has 1 amide bonds. The normalized spacial score (nSPS) is 10.5. The average molecular weight is 425 g/mol. The van der Waals surface area contributed by atoms with E-state index in [4.69, 9.17) is 4.98 Å².